The summed E-state index contributed by atoms with van der Waals surface area (Å²) in [6, 6.07) is 0. The molecule has 1 amide bonds. The first-order chi connectivity index (χ1) is 5.36. The Kier molecular flexibility index (Phi) is 7.41. The Balaban J connectivity index is 0. The summed E-state index contributed by atoms with van der Waals surface area (Å²) >= 11 is 0. The van der Waals surface area contributed by atoms with E-state index in [9.17, 15) is 4.79 Å². The SMILES string of the molecule is CC(=O)NN=C(N)N.O=[N+](O)O. The topological polar surface area (TPSA) is 154 Å². The molecule has 0 rings (SSSR count). The van der Waals surface area contributed by atoms with Crippen molar-refractivity contribution < 1.29 is 20.3 Å². The van der Waals surface area contributed by atoms with Gasteiger partial charge >= 0.3 is 5.09 Å². The molecule has 0 atom stereocenters. The molecule has 0 spiro atoms. The summed E-state index contributed by atoms with van der Waals surface area (Å²) in [5.74, 6) is -0.446. The number of hydrogen-bond acceptors (Lipinski definition) is 3. The zero-order valence-corrected chi connectivity index (χ0v) is 6.26. The molecule has 7 N–H and O–H groups in total. The number of carbonyl (C=O) groups is 1. The predicted molar refractivity (Wildman–Crippen MR) is 36.8 cm³/mol. The van der Waals surface area contributed by atoms with Gasteiger partial charge in [-0.1, -0.05) is 0 Å². The molecule has 0 aliphatic heterocycles. The van der Waals surface area contributed by atoms with Gasteiger partial charge in [0, 0.05) is 6.92 Å². The molecule has 0 aliphatic rings. The molecule has 70 valence electrons. The smallest absolute Gasteiger partial charge is 0.369 e. The summed E-state index contributed by atoms with van der Waals surface area (Å²) < 4.78 is 0. The Morgan fingerprint density at radius 2 is 1.83 bits per heavy atom. The summed E-state index contributed by atoms with van der Waals surface area (Å²) in [6.45, 7) is 1.31. The summed E-state index contributed by atoms with van der Waals surface area (Å²) in [5, 5.41) is 15.7. The Morgan fingerprint density at radius 3 is 1.92 bits per heavy atom. The van der Waals surface area contributed by atoms with Gasteiger partial charge in [0.05, 0.1) is 0 Å². The van der Waals surface area contributed by atoms with Gasteiger partial charge in [-0.05, 0) is 0 Å². The van der Waals surface area contributed by atoms with Crippen molar-refractivity contribution in [2.75, 3.05) is 0 Å². The van der Waals surface area contributed by atoms with Crippen LogP contribution >= 0.6 is 0 Å². The molecule has 0 radical (unpaired) electrons. The molecule has 0 fully saturated rings. The number of guanidine groups is 1. The van der Waals surface area contributed by atoms with Gasteiger partial charge in [-0.15, -0.1) is 5.10 Å². The van der Waals surface area contributed by atoms with Crippen LogP contribution in [-0.4, -0.2) is 27.4 Å². The van der Waals surface area contributed by atoms with Crippen LogP contribution in [0.2, 0.25) is 0 Å². The molecule has 0 aliphatic carbocycles. The highest BCUT2D eigenvalue weighted by molar-refractivity contribution is 5.79. The summed E-state index contributed by atoms with van der Waals surface area (Å²) in [6.07, 6.45) is 0. The highest BCUT2D eigenvalue weighted by Gasteiger charge is 1.83. The lowest BCUT2D eigenvalue weighted by Gasteiger charge is -1.90. The maximum atomic E-state index is 10.0. The van der Waals surface area contributed by atoms with E-state index in [0.29, 0.717) is 0 Å². The van der Waals surface area contributed by atoms with Crippen LogP contribution in [0, 0.1) is 4.91 Å². The normalized spacial score (nSPS) is 7.08. The van der Waals surface area contributed by atoms with E-state index in [2.05, 4.69) is 5.10 Å². The number of hydrogen-bond donors (Lipinski definition) is 5. The van der Waals surface area contributed by atoms with Gasteiger partial charge in [-0.3, -0.25) is 4.79 Å². The van der Waals surface area contributed by atoms with Crippen molar-refractivity contribution in [2.45, 2.75) is 6.92 Å². The number of carbonyl (C=O) groups excluding carboxylic acids is 1. The van der Waals surface area contributed by atoms with Gasteiger partial charge in [-0.2, -0.15) is 0 Å². The van der Waals surface area contributed by atoms with Crippen molar-refractivity contribution in [2.24, 2.45) is 16.6 Å². The van der Waals surface area contributed by atoms with Crippen LogP contribution in [-0.2, 0) is 4.79 Å². The van der Waals surface area contributed by atoms with E-state index >= 15 is 0 Å². The third-order valence-corrected chi connectivity index (χ3v) is 0.342. The van der Waals surface area contributed by atoms with Gasteiger partial charge < -0.3 is 11.5 Å². The van der Waals surface area contributed by atoms with Gasteiger partial charge in [0.15, 0.2) is 0 Å². The quantitative estimate of drug-likeness (QED) is 0.176. The van der Waals surface area contributed by atoms with E-state index in [1.54, 1.807) is 0 Å². The van der Waals surface area contributed by atoms with Crippen LogP contribution < -0.4 is 16.9 Å². The Labute approximate surface area is 67.1 Å². The average molecular weight is 180 g/mol. The second kappa shape index (κ2) is 7.05. The van der Waals surface area contributed by atoms with Crippen LogP contribution in [0.3, 0.4) is 0 Å². The lowest BCUT2D eigenvalue weighted by atomic mass is 10.8. The van der Waals surface area contributed by atoms with Crippen molar-refractivity contribution in [3.05, 3.63) is 4.91 Å². The van der Waals surface area contributed by atoms with Crippen LogP contribution in [0.25, 0.3) is 0 Å². The molecular formula is C3H10N5O4+. The standard InChI is InChI=1S/C3H8N4O.H2NO3/c1-2(8)6-7-3(4)5;2-1(3)4/h1H3,(H,6,8)(H4,4,5,7);(H2,2,3,4)/q;+1. The Hall–Kier alpha value is -2.06. The molecule has 0 aromatic heterocycles. The highest BCUT2D eigenvalue weighted by Crippen LogP contribution is 1.57. The lowest BCUT2D eigenvalue weighted by molar-refractivity contribution is -0.969. The minimum absolute atomic E-state index is 0.153. The second-order valence-corrected chi connectivity index (χ2v) is 1.46. The number of hydrazone groups is 1. The fourth-order valence-electron chi connectivity index (χ4n) is 0.143. The molecule has 0 saturated heterocycles. The summed E-state index contributed by atoms with van der Waals surface area (Å²) in [5.41, 5.74) is 11.8. The minimum atomic E-state index is -1.25. The third kappa shape index (κ3) is 44.2. The monoisotopic (exact) mass is 180 g/mol. The van der Waals surface area contributed by atoms with E-state index in [1.165, 1.54) is 6.92 Å². The first kappa shape index (κ1) is 12.6. The molecule has 12 heavy (non-hydrogen) atoms. The van der Waals surface area contributed by atoms with E-state index < -0.39 is 5.09 Å². The molecule has 0 unspecified atom stereocenters. The minimum Gasteiger partial charge on any atom is -0.369 e. The van der Waals surface area contributed by atoms with E-state index in [0.717, 1.165) is 0 Å². The van der Waals surface area contributed by atoms with Crippen molar-refractivity contribution in [3.63, 3.8) is 0 Å². The van der Waals surface area contributed by atoms with Gasteiger partial charge in [-0.25, -0.2) is 15.8 Å². The van der Waals surface area contributed by atoms with E-state index in [1.807, 2.05) is 5.43 Å². The molecule has 0 heterocycles. The Bertz CT molecular complexity index is 181. The number of nitrogens with zero attached hydrogens (tertiary/aromatic N) is 2. The molecule has 9 heteroatoms. The number of nitrogens with one attached hydrogen (secondary N) is 1. The number of rotatable bonds is 1. The van der Waals surface area contributed by atoms with E-state index in [-0.39, 0.29) is 11.9 Å². The van der Waals surface area contributed by atoms with Gasteiger partial charge in [0.1, 0.15) is 4.91 Å². The van der Waals surface area contributed by atoms with Crippen molar-refractivity contribution in [1.82, 2.24) is 5.43 Å². The molecule has 0 aromatic carbocycles. The maximum Gasteiger partial charge on any atom is 0.472 e. The number of nitrogens with two attached hydrogens (primary N) is 2. The first-order valence-electron chi connectivity index (χ1n) is 2.56. The highest BCUT2D eigenvalue weighted by atomic mass is 16.9. The summed E-state index contributed by atoms with van der Waals surface area (Å²) in [7, 11) is 0. The van der Waals surface area contributed by atoms with Crippen LogP contribution in [0.4, 0.5) is 0 Å². The molecule has 0 aromatic rings. The fourth-order valence-corrected chi connectivity index (χ4v) is 0.143. The first-order valence-corrected chi connectivity index (χ1v) is 2.56. The zero-order chi connectivity index (χ0) is 10.1. The van der Waals surface area contributed by atoms with Crippen LogP contribution in [0.5, 0.6) is 0 Å². The average Bonchev–Trinajstić information content (AvgIpc) is 1.82. The molecule has 0 saturated carbocycles. The lowest BCUT2D eigenvalue weighted by Crippen LogP contribution is -2.27. The number of amides is 1. The Morgan fingerprint density at radius 1 is 1.50 bits per heavy atom. The summed E-state index contributed by atoms with van der Waals surface area (Å²) in [4.78, 5) is 18.5. The fraction of sp³-hybridized carbons (Fsp3) is 0.333. The largest absolute Gasteiger partial charge is 0.472 e. The van der Waals surface area contributed by atoms with Crippen LogP contribution in [0.15, 0.2) is 5.10 Å². The third-order valence-electron chi connectivity index (χ3n) is 0.342. The van der Waals surface area contributed by atoms with Crippen molar-refractivity contribution in [1.29, 1.82) is 0 Å². The van der Waals surface area contributed by atoms with Crippen molar-refractivity contribution >= 4 is 11.9 Å². The zero-order valence-electron chi connectivity index (χ0n) is 6.26. The molecule has 9 nitrogen and oxygen atoms in total. The molecule has 0 bridgehead atoms. The predicted octanol–water partition coefficient (Wildman–Crippen LogP) is -2.15. The van der Waals surface area contributed by atoms with E-state index in [4.69, 9.17) is 26.8 Å². The molecular weight excluding hydrogens is 170 g/mol. The van der Waals surface area contributed by atoms with Gasteiger partial charge in [0.2, 0.25) is 11.9 Å². The maximum absolute atomic E-state index is 10.0. The van der Waals surface area contributed by atoms with Crippen LogP contribution in [0.1, 0.15) is 6.92 Å². The van der Waals surface area contributed by atoms with Crippen molar-refractivity contribution in [3.8, 4) is 0 Å². The second-order valence-electron chi connectivity index (χ2n) is 1.46. The van der Waals surface area contributed by atoms with Gasteiger partial charge in [0.25, 0.3) is 0 Å².